The number of thiazole rings is 1. The number of benzene rings is 2. The Morgan fingerprint density at radius 1 is 1.11 bits per heavy atom. The largest absolute Gasteiger partial charge is 0.493 e. The summed E-state index contributed by atoms with van der Waals surface area (Å²) in [6, 6.07) is 12.8. The molecule has 44 heavy (non-hydrogen) atoms. The third-order valence-corrected chi connectivity index (χ3v) is 8.01. The van der Waals surface area contributed by atoms with Crippen molar-refractivity contribution in [3.63, 3.8) is 0 Å². The number of carboxylic acid groups (broad SMARTS) is 1. The number of furan rings is 1. The molecule has 5 rings (SSSR count). The molecule has 1 atom stereocenters. The molecule has 2 aromatic carbocycles. The summed E-state index contributed by atoms with van der Waals surface area (Å²) in [5.41, 5.74) is 2.65. The SMILES string of the molecule is CCOC(=O)C1=C(C)N=c2s/c(=C\c3ccc(-c4ccc(C(=O)O)cc4C)o3)c(=O)n2[C@H]1c1ccc(OC(C)C)c(OC)c1. The molecular weight excluding hydrogens is 584 g/mol. The second-order valence-electron chi connectivity index (χ2n) is 10.4. The Morgan fingerprint density at radius 2 is 1.89 bits per heavy atom. The summed E-state index contributed by atoms with van der Waals surface area (Å²) in [6.07, 6.45) is 1.55. The quantitative estimate of drug-likeness (QED) is 0.264. The van der Waals surface area contributed by atoms with E-state index in [9.17, 15) is 19.5 Å². The highest BCUT2D eigenvalue weighted by atomic mass is 32.1. The Labute approximate surface area is 257 Å². The van der Waals surface area contributed by atoms with E-state index in [0.29, 0.717) is 43.6 Å². The van der Waals surface area contributed by atoms with Crippen LogP contribution >= 0.6 is 11.3 Å². The zero-order valence-corrected chi connectivity index (χ0v) is 26.0. The Kier molecular flexibility index (Phi) is 8.59. The van der Waals surface area contributed by atoms with Gasteiger partial charge in [0.1, 0.15) is 11.5 Å². The van der Waals surface area contributed by atoms with Crippen molar-refractivity contribution in [2.75, 3.05) is 13.7 Å². The molecule has 0 bridgehead atoms. The highest BCUT2D eigenvalue weighted by Gasteiger charge is 2.34. The number of methoxy groups -OCH3 is 1. The van der Waals surface area contributed by atoms with Crippen molar-refractivity contribution in [2.24, 2.45) is 4.99 Å². The van der Waals surface area contributed by atoms with Gasteiger partial charge >= 0.3 is 11.9 Å². The van der Waals surface area contributed by atoms with Gasteiger partial charge in [-0.05, 0) is 82.1 Å². The van der Waals surface area contributed by atoms with Gasteiger partial charge in [0.15, 0.2) is 16.3 Å². The van der Waals surface area contributed by atoms with Crippen LogP contribution in [0.2, 0.25) is 0 Å². The van der Waals surface area contributed by atoms with Crippen LogP contribution in [0.4, 0.5) is 0 Å². The van der Waals surface area contributed by atoms with Gasteiger partial charge in [0, 0.05) is 11.6 Å². The Hall–Kier alpha value is -4.90. The molecule has 0 unspecified atom stereocenters. The molecule has 0 radical (unpaired) electrons. The Balaban J connectivity index is 1.62. The topological polar surface area (TPSA) is 130 Å². The van der Waals surface area contributed by atoms with E-state index in [1.165, 1.54) is 29.1 Å². The highest BCUT2D eigenvalue weighted by Crippen LogP contribution is 2.36. The van der Waals surface area contributed by atoms with E-state index in [-0.39, 0.29) is 29.4 Å². The molecular formula is C33H32N2O8S. The number of hydrogen-bond donors (Lipinski definition) is 1. The lowest BCUT2D eigenvalue weighted by Crippen LogP contribution is -2.40. The number of carbonyl (C=O) groups is 2. The van der Waals surface area contributed by atoms with E-state index in [2.05, 4.69) is 4.99 Å². The van der Waals surface area contributed by atoms with Gasteiger partial charge in [-0.1, -0.05) is 23.5 Å². The number of aromatic carboxylic acids is 1. The summed E-state index contributed by atoms with van der Waals surface area (Å²) in [4.78, 5) is 43.6. The van der Waals surface area contributed by atoms with E-state index < -0.39 is 18.0 Å². The van der Waals surface area contributed by atoms with E-state index in [1.54, 1.807) is 62.4 Å². The maximum atomic E-state index is 14.0. The van der Waals surface area contributed by atoms with Crippen LogP contribution in [-0.2, 0) is 9.53 Å². The average molecular weight is 617 g/mol. The number of carboxylic acids is 1. The smallest absolute Gasteiger partial charge is 0.338 e. The van der Waals surface area contributed by atoms with Crippen LogP contribution in [0.3, 0.4) is 0 Å². The van der Waals surface area contributed by atoms with Gasteiger partial charge in [0.25, 0.3) is 5.56 Å². The minimum atomic E-state index is -1.01. The minimum Gasteiger partial charge on any atom is -0.493 e. The van der Waals surface area contributed by atoms with Gasteiger partial charge in [0.2, 0.25) is 0 Å². The Bertz CT molecular complexity index is 1980. The molecule has 0 saturated carbocycles. The first-order valence-electron chi connectivity index (χ1n) is 14.0. The third-order valence-electron chi connectivity index (χ3n) is 7.02. The lowest BCUT2D eigenvalue weighted by atomic mass is 9.95. The summed E-state index contributed by atoms with van der Waals surface area (Å²) in [7, 11) is 1.53. The molecule has 2 aromatic heterocycles. The number of nitrogens with zero attached hydrogens (tertiary/aromatic N) is 2. The van der Waals surface area contributed by atoms with Crippen molar-refractivity contribution < 1.29 is 33.3 Å². The van der Waals surface area contributed by atoms with Crippen LogP contribution in [-0.4, -0.2) is 41.4 Å². The van der Waals surface area contributed by atoms with Crippen molar-refractivity contribution in [3.8, 4) is 22.8 Å². The molecule has 0 saturated heterocycles. The summed E-state index contributed by atoms with van der Waals surface area (Å²) in [5, 5.41) is 9.28. The number of esters is 1. The van der Waals surface area contributed by atoms with Gasteiger partial charge < -0.3 is 23.7 Å². The normalized spacial score (nSPS) is 14.8. The van der Waals surface area contributed by atoms with Crippen LogP contribution in [0.5, 0.6) is 11.5 Å². The number of hydrogen-bond acceptors (Lipinski definition) is 9. The molecule has 0 aliphatic carbocycles. The van der Waals surface area contributed by atoms with Crippen LogP contribution in [0.1, 0.15) is 61.0 Å². The first-order valence-corrected chi connectivity index (χ1v) is 14.8. The minimum absolute atomic E-state index is 0.0835. The standard InChI is InChI=1S/C33H32N2O8S/c1-7-41-32(39)28-19(5)34-33-35(29(28)20-9-12-25(42-17(2)3)26(15-20)40-6)30(36)27(44-33)16-22-10-13-24(43-22)23-11-8-21(31(37)38)14-18(23)4/h8-17,29H,7H2,1-6H3,(H,37,38)/b27-16-/t29-/m0/s1. The van der Waals surface area contributed by atoms with Crippen molar-refractivity contribution in [1.82, 2.24) is 4.57 Å². The second kappa shape index (κ2) is 12.4. The Morgan fingerprint density at radius 3 is 2.55 bits per heavy atom. The van der Waals surface area contributed by atoms with Crippen molar-refractivity contribution in [2.45, 2.75) is 46.8 Å². The molecule has 11 heteroatoms. The van der Waals surface area contributed by atoms with Gasteiger partial charge in [-0.3, -0.25) is 9.36 Å². The fourth-order valence-electron chi connectivity index (χ4n) is 5.09. The maximum absolute atomic E-state index is 14.0. The average Bonchev–Trinajstić information content (AvgIpc) is 3.56. The van der Waals surface area contributed by atoms with Crippen molar-refractivity contribution in [3.05, 3.63) is 102 Å². The predicted octanol–water partition coefficient (Wildman–Crippen LogP) is 4.86. The summed E-state index contributed by atoms with van der Waals surface area (Å²) < 4.78 is 24.8. The fraction of sp³-hybridized carbons (Fsp3) is 0.273. The molecule has 10 nitrogen and oxygen atoms in total. The maximum Gasteiger partial charge on any atom is 0.338 e. The van der Waals surface area contributed by atoms with Crippen LogP contribution in [0.15, 0.2) is 74.0 Å². The molecule has 228 valence electrons. The number of fused-ring (bicyclic) bond motifs is 1. The summed E-state index contributed by atoms with van der Waals surface area (Å²) in [5.74, 6) is 0.404. The molecule has 1 aliphatic heterocycles. The number of rotatable bonds is 9. The zero-order chi connectivity index (χ0) is 31.7. The molecule has 1 N–H and O–H groups in total. The number of aryl methyl sites for hydroxylation is 1. The number of allylic oxidation sites excluding steroid dienone is 1. The molecule has 0 amide bonds. The van der Waals surface area contributed by atoms with Gasteiger partial charge in [0.05, 0.1) is 47.2 Å². The zero-order valence-electron chi connectivity index (χ0n) is 25.2. The first kappa shape index (κ1) is 30.6. The monoisotopic (exact) mass is 616 g/mol. The lowest BCUT2D eigenvalue weighted by molar-refractivity contribution is -0.139. The van der Waals surface area contributed by atoms with Crippen molar-refractivity contribution in [1.29, 1.82) is 0 Å². The van der Waals surface area contributed by atoms with Crippen LogP contribution in [0, 0.1) is 6.92 Å². The fourth-order valence-corrected chi connectivity index (χ4v) is 6.12. The van der Waals surface area contributed by atoms with E-state index in [0.717, 1.165) is 11.1 Å². The molecule has 3 heterocycles. The van der Waals surface area contributed by atoms with Crippen molar-refractivity contribution >= 4 is 29.4 Å². The molecule has 4 aromatic rings. The molecule has 0 fully saturated rings. The second-order valence-corrected chi connectivity index (χ2v) is 11.4. The van der Waals surface area contributed by atoms with E-state index in [1.807, 2.05) is 20.8 Å². The number of aromatic nitrogens is 1. The van der Waals surface area contributed by atoms with Gasteiger partial charge in [-0.2, -0.15) is 0 Å². The molecule has 0 spiro atoms. The predicted molar refractivity (Wildman–Crippen MR) is 165 cm³/mol. The number of carbonyl (C=O) groups excluding carboxylic acids is 1. The van der Waals surface area contributed by atoms with Gasteiger partial charge in [-0.15, -0.1) is 0 Å². The third kappa shape index (κ3) is 5.83. The summed E-state index contributed by atoms with van der Waals surface area (Å²) in [6.45, 7) is 9.24. The van der Waals surface area contributed by atoms with Crippen LogP contribution in [0.25, 0.3) is 17.4 Å². The highest BCUT2D eigenvalue weighted by molar-refractivity contribution is 7.07. The van der Waals surface area contributed by atoms with Crippen LogP contribution < -0.4 is 24.4 Å². The van der Waals surface area contributed by atoms with E-state index in [4.69, 9.17) is 18.6 Å². The first-order chi connectivity index (χ1) is 21.0. The summed E-state index contributed by atoms with van der Waals surface area (Å²) >= 11 is 1.18. The van der Waals surface area contributed by atoms with Gasteiger partial charge in [-0.25, -0.2) is 14.6 Å². The lowest BCUT2D eigenvalue weighted by Gasteiger charge is -2.25. The molecule has 1 aliphatic rings. The number of ether oxygens (including phenoxy) is 3. The van der Waals surface area contributed by atoms with E-state index >= 15 is 0 Å².